The summed E-state index contributed by atoms with van der Waals surface area (Å²) >= 11 is 0. The number of pyridine rings is 1. The predicted octanol–water partition coefficient (Wildman–Crippen LogP) is 4.67. The smallest absolute Gasteiger partial charge is 0.225 e. The molecular weight excluding hydrogens is 608 g/mol. The van der Waals surface area contributed by atoms with Crippen LogP contribution < -0.4 is 15.0 Å². The molecule has 256 valence electrons. The lowest BCUT2D eigenvalue weighted by atomic mass is 9.93. The molecule has 3 fully saturated rings. The summed E-state index contributed by atoms with van der Waals surface area (Å²) in [7, 11) is 0. The van der Waals surface area contributed by atoms with Gasteiger partial charge in [-0.3, -0.25) is 14.5 Å². The number of aryl methyl sites for hydroxylation is 1. The molecule has 2 aromatic heterocycles. The molecule has 4 heterocycles. The second-order valence-electron chi connectivity index (χ2n) is 14.0. The molecule has 0 unspecified atom stereocenters. The number of fused-ring (bicyclic) bond motifs is 1. The number of carbonyl (C=O) groups excluding carboxylic acids is 2. The SMILES string of the molecule is Cc1ncoc1COc1ccc2c(c1C)CCN(C[C@@H](O)CCC(=O)c1cc(NC3CCC3)nc(N3CCN(C(=O)C4CC4)CC3)c1)C2. The Balaban J connectivity index is 0.932. The van der Waals surface area contributed by atoms with Crippen LogP contribution in [0.15, 0.2) is 35.1 Å². The molecule has 1 atom stereocenters. The number of piperazine rings is 1. The van der Waals surface area contributed by atoms with E-state index in [9.17, 15) is 14.7 Å². The highest BCUT2D eigenvalue weighted by Gasteiger charge is 2.35. The number of hydrogen-bond acceptors (Lipinski definition) is 10. The first-order valence-corrected chi connectivity index (χ1v) is 17.7. The van der Waals surface area contributed by atoms with Crippen LogP contribution in [0.5, 0.6) is 5.75 Å². The lowest BCUT2D eigenvalue weighted by molar-refractivity contribution is -0.132. The summed E-state index contributed by atoms with van der Waals surface area (Å²) in [5, 5.41) is 14.5. The Bertz CT molecular complexity index is 1620. The van der Waals surface area contributed by atoms with Crippen LogP contribution in [0.1, 0.15) is 83.4 Å². The first-order chi connectivity index (χ1) is 23.3. The number of hydrogen-bond donors (Lipinski definition) is 2. The number of aliphatic hydroxyl groups excluding tert-OH is 1. The fourth-order valence-corrected chi connectivity index (χ4v) is 7.05. The zero-order valence-electron chi connectivity index (χ0n) is 28.2. The lowest BCUT2D eigenvalue weighted by Crippen LogP contribution is -2.49. The van der Waals surface area contributed by atoms with Crippen molar-refractivity contribution in [2.24, 2.45) is 5.92 Å². The standard InChI is InChI=1S/C37H48N6O5/c1-24-31-12-13-41(20-27(31)8-11-33(24)47-22-34-25(2)38-23-48-34)21-30(44)9-10-32(45)28-18-35(39-29-4-3-5-29)40-36(19-28)42-14-16-43(17-15-42)37(46)26-6-7-26/h8,11,18-19,23,26,29-30,44H,3-7,9-10,12-17,20-22H2,1-2H3,(H,39,40)/t30-/m0/s1. The maximum atomic E-state index is 13.5. The minimum Gasteiger partial charge on any atom is -0.485 e. The second kappa shape index (κ2) is 14.3. The van der Waals surface area contributed by atoms with Gasteiger partial charge in [-0.05, 0) is 93.7 Å². The van der Waals surface area contributed by atoms with E-state index in [1.54, 1.807) is 0 Å². The molecule has 0 bridgehead atoms. The van der Waals surface area contributed by atoms with Crippen LogP contribution >= 0.6 is 0 Å². The number of aromatic nitrogens is 2. The molecule has 1 aromatic carbocycles. The number of Topliss-reactive ketones (excluding diaryl/α,β-unsaturated/α-hetero) is 1. The molecule has 48 heavy (non-hydrogen) atoms. The number of ether oxygens (including phenoxy) is 1. The predicted molar refractivity (Wildman–Crippen MR) is 182 cm³/mol. The van der Waals surface area contributed by atoms with Crippen molar-refractivity contribution in [2.45, 2.75) is 90.5 Å². The minimum atomic E-state index is -0.602. The van der Waals surface area contributed by atoms with Crippen molar-refractivity contribution in [3.8, 4) is 5.75 Å². The molecule has 11 nitrogen and oxygen atoms in total. The van der Waals surface area contributed by atoms with Gasteiger partial charge < -0.3 is 29.4 Å². The zero-order chi connectivity index (χ0) is 33.2. The van der Waals surface area contributed by atoms with Crippen LogP contribution in [0.3, 0.4) is 0 Å². The Labute approximate surface area is 282 Å². The van der Waals surface area contributed by atoms with Gasteiger partial charge in [-0.15, -0.1) is 0 Å². The van der Waals surface area contributed by atoms with Gasteiger partial charge in [0, 0.05) is 69.8 Å². The highest BCUT2D eigenvalue weighted by atomic mass is 16.5. The number of aliphatic hydroxyl groups is 1. The Morgan fingerprint density at radius 3 is 2.60 bits per heavy atom. The fraction of sp³-hybridized carbons (Fsp3) is 0.568. The Kier molecular flexibility index (Phi) is 9.68. The zero-order valence-corrected chi connectivity index (χ0v) is 28.2. The average molecular weight is 657 g/mol. The number of nitrogens with one attached hydrogen (secondary N) is 1. The number of rotatable bonds is 13. The van der Waals surface area contributed by atoms with Crippen LogP contribution in [-0.4, -0.2) is 88.0 Å². The summed E-state index contributed by atoms with van der Waals surface area (Å²) in [4.78, 5) is 41.6. The van der Waals surface area contributed by atoms with Gasteiger partial charge in [0.1, 0.15) is 24.0 Å². The van der Waals surface area contributed by atoms with E-state index >= 15 is 0 Å². The lowest BCUT2D eigenvalue weighted by Gasteiger charge is -2.36. The van der Waals surface area contributed by atoms with E-state index in [4.69, 9.17) is 14.1 Å². The van der Waals surface area contributed by atoms with Crippen LogP contribution in [-0.2, 0) is 24.4 Å². The molecule has 2 aliphatic heterocycles. The first kappa shape index (κ1) is 32.6. The largest absolute Gasteiger partial charge is 0.485 e. The maximum absolute atomic E-state index is 13.5. The monoisotopic (exact) mass is 656 g/mol. The Hall–Kier alpha value is -3.96. The quantitative estimate of drug-likeness (QED) is 0.251. The summed E-state index contributed by atoms with van der Waals surface area (Å²) in [6, 6.07) is 8.30. The fourth-order valence-electron chi connectivity index (χ4n) is 7.05. The number of nitrogens with zero attached hydrogens (tertiary/aromatic N) is 5. The molecule has 7 rings (SSSR count). The van der Waals surface area contributed by atoms with Crippen LogP contribution in [0.25, 0.3) is 0 Å². The van der Waals surface area contributed by atoms with Crippen molar-refractivity contribution in [1.29, 1.82) is 0 Å². The van der Waals surface area contributed by atoms with E-state index < -0.39 is 6.10 Å². The van der Waals surface area contributed by atoms with E-state index in [2.05, 4.69) is 33.1 Å². The number of anilines is 2. The van der Waals surface area contributed by atoms with E-state index in [-0.39, 0.29) is 24.0 Å². The summed E-state index contributed by atoms with van der Waals surface area (Å²) in [6.07, 6.45) is 7.86. The Morgan fingerprint density at radius 1 is 1.08 bits per heavy atom. The topological polar surface area (TPSA) is 124 Å². The van der Waals surface area contributed by atoms with E-state index in [1.165, 1.54) is 23.9 Å². The summed E-state index contributed by atoms with van der Waals surface area (Å²) in [5.41, 5.74) is 5.17. The third-order valence-corrected chi connectivity index (χ3v) is 10.5. The van der Waals surface area contributed by atoms with Gasteiger partial charge in [0.15, 0.2) is 17.9 Å². The van der Waals surface area contributed by atoms with Crippen molar-refractivity contribution < 1.29 is 23.8 Å². The minimum absolute atomic E-state index is 0.0181. The van der Waals surface area contributed by atoms with E-state index in [0.29, 0.717) is 57.4 Å². The molecule has 0 radical (unpaired) electrons. The number of β-amino-alcohol motifs (C(OH)–C–C–N with tert-alkyl or cyclic N) is 1. The van der Waals surface area contributed by atoms with E-state index in [1.807, 2.05) is 30.0 Å². The van der Waals surface area contributed by atoms with Gasteiger partial charge in [-0.25, -0.2) is 9.97 Å². The number of benzene rings is 1. The van der Waals surface area contributed by atoms with Gasteiger partial charge in [0.25, 0.3) is 0 Å². The molecule has 1 saturated heterocycles. The molecule has 2 saturated carbocycles. The molecule has 11 heteroatoms. The van der Waals surface area contributed by atoms with Gasteiger partial charge in [0.05, 0.1) is 11.8 Å². The van der Waals surface area contributed by atoms with Crippen molar-refractivity contribution in [3.05, 3.63) is 64.4 Å². The third kappa shape index (κ3) is 7.52. The number of oxazole rings is 1. The van der Waals surface area contributed by atoms with Crippen LogP contribution in [0, 0.1) is 19.8 Å². The second-order valence-corrected chi connectivity index (χ2v) is 14.0. The summed E-state index contributed by atoms with van der Waals surface area (Å²) < 4.78 is 11.5. The van der Waals surface area contributed by atoms with Crippen molar-refractivity contribution in [1.82, 2.24) is 19.8 Å². The molecule has 0 spiro atoms. The average Bonchev–Trinajstić information content (AvgIpc) is 3.85. The molecular formula is C37H48N6O5. The number of amides is 1. The van der Waals surface area contributed by atoms with Crippen molar-refractivity contribution in [3.63, 3.8) is 0 Å². The first-order valence-electron chi connectivity index (χ1n) is 17.7. The Morgan fingerprint density at radius 2 is 1.90 bits per heavy atom. The molecule has 1 amide bonds. The van der Waals surface area contributed by atoms with Crippen molar-refractivity contribution >= 4 is 23.3 Å². The normalized spacial score (nSPS) is 19.1. The van der Waals surface area contributed by atoms with Gasteiger partial charge in [-0.2, -0.15) is 0 Å². The van der Waals surface area contributed by atoms with Gasteiger partial charge in [0.2, 0.25) is 5.91 Å². The summed E-state index contributed by atoms with van der Waals surface area (Å²) in [5.74, 6) is 3.64. The number of ketones is 1. The maximum Gasteiger partial charge on any atom is 0.225 e. The summed E-state index contributed by atoms with van der Waals surface area (Å²) in [6.45, 7) is 9.27. The van der Waals surface area contributed by atoms with Gasteiger partial charge >= 0.3 is 0 Å². The van der Waals surface area contributed by atoms with Crippen molar-refractivity contribution in [2.75, 3.05) is 49.5 Å². The molecule has 3 aromatic rings. The highest BCUT2D eigenvalue weighted by molar-refractivity contribution is 5.97. The van der Waals surface area contributed by atoms with Crippen LogP contribution in [0.4, 0.5) is 11.6 Å². The number of carbonyl (C=O) groups is 2. The molecule has 4 aliphatic rings. The molecule has 2 N–H and O–H groups in total. The van der Waals surface area contributed by atoms with Crippen LogP contribution in [0.2, 0.25) is 0 Å². The third-order valence-electron chi connectivity index (χ3n) is 10.5. The molecule has 2 aliphatic carbocycles. The van der Waals surface area contributed by atoms with E-state index in [0.717, 1.165) is 79.6 Å². The van der Waals surface area contributed by atoms with Gasteiger partial charge in [-0.1, -0.05) is 6.07 Å². The highest BCUT2D eigenvalue weighted by Crippen LogP contribution is 2.33.